The fourth-order valence-corrected chi connectivity index (χ4v) is 3.38. The van der Waals surface area contributed by atoms with Crippen molar-refractivity contribution in [1.82, 2.24) is 10.1 Å². The maximum absolute atomic E-state index is 6.22. The zero-order valence-corrected chi connectivity index (χ0v) is 12.1. The van der Waals surface area contributed by atoms with Crippen molar-refractivity contribution < 1.29 is 9.26 Å². The molecule has 3 unspecified atom stereocenters. The molecule has 1 aliphatic heterocycles. The fraction of sp³-hybridized carbons (Fsp3) is 0.500. The predicted octanol–water partition coefficient (Wildman–Crippen LogP) is 2.51. The second-order valence-electron chi connectivity index (χ2n) is 6.29. The van der Waals surface area contributed by atoms with Crippen molar-refractivity contribution in [3.8, 4) is 5.75 Å². The lowest BCUT2D eigenvalue weighted by Crippen LogP contribution is -2.38. The molecule has 0 spiro atoms. The lowest BCUT2D eigenvalue weighted by molar-refractivity contribution is 0.219. The normalized spacial score (nSPS) is 31.1. The zero-order chi connectivity index (χ0) is 14.4. The highest BCUT2D eigenvalue weighted by atomic mass is 16.5. The van der Waals surface area contributed by atoms with E-state index in [0.717, 1.165) is 31.4 Å². The smallest absolute Gasteiger partial charge is 0.234 e. The minimum atomic E-state index is -0.198. The Morgan fingerprint density at radius 1 is 1.33 bits per heavy atom. The van der Waals surface area contributed by atoms with Crippen LogP contribution in [0.2, 0.25) is 0 Å². The quantitative estimate of drug-likeness (QED) is 0.917. The maximum atomic E-state index is 6.22. The van der Waals surface area contributed by atoms with Gasteiger partial charge in [0.25, 0.3) is 0 Å². The van der Waals surface area contributed by atoms with Crippen molar-refractivity contribution >= 4 is 0 Å². The molecule has 5 heteroatoms. The lowest BCUT2D eigenvalue weighted by Gasteiger charge is -2.23. The van der Waals surface area contributed by atoms with E-state index in [0.29, 0.717) is 11.7 Å². The van der Waals surface area contributed by atoms with Gasteiger partial charge in [-0.15, -0.1) is 0 Å². The Bertz CT molecular complexity index is 644. The van der Waals surface area contributed by atoms with Crippen LogP contribution < -0.4 is 10.5 Å². The van der Waals surface area contributed by atoms with Crippen molar-refractivity contribution in [3.63, 3.8) is 0 Å². The first-order valence-electron chi connectivity index (χ1n) is 7.51. The first-order chi connectivity index (χ1) is 10.2. The number of nitrogens with two attached hydrogens (primary N) is 1. The van der Waals surface area contributed by atoms with Crippen LogP contribution in [0.25, 0.3) is 0 Å². The van der Waals surface area contributed by atoms with Gasteiger partial charge in [-0.25, -0.2) is 0 Å². The van der Waals surface area contributed by atoms with Crippen LogP contribution in [0, 0.1) is 0 Å². The zero-order valence-electron chi connectivity index (χ0n) is 12.1. The van der Waals surface area contributed by atoms with E-state index < -0.39 is 0 Å². The van der Waals surface area contributed by atoms with Gasteiger partial charge in [-0.1, -0.05) is 29.8 Å². The number of hydrogen-bond acceptors (Lipinski definition) is 5. The van der Waals surface area contributed by atoms with E-state index in [2.05, 4.69) is 23.1 Å². The molecule has 2 aromatic rings. The Hall–Kier alpha value is -1.88. The Kier molecular flexibility index (Phi) is 2.79. The summed E-state index contributed by atoms with van der Waals surface area (Å²) in [5, 5.41) is 4.14. The van der Waals surface area contributed by atoms with Gasteiger partial charge in [-0.05, 0) is 31.4 Å². The van der Waals surface area contributed by atoms with Crippen molar-refractivity contribution in [1.29, 1.82) is 0 Å². The van der Waals surface area contributed by atoms with E-state index in [1.165, 1.54) is 5.56 Å². The van der Waals surface area contributed by atoms with Crippen LogP contribution >= 0.6 is 0 Å². The first kappa shape index (κ1) is 12.8. The van der Waals surface area contributed by atoms with Crippen molar-refractivity contribution in [3.05, 3.63) is 41.5 Å². The van der Waals surface area contributed by atoms with Crippen molar-refractivity contribution in [2.24, 2.45) is 5.73 Å². The molecule has 2 N–H and O–H groups in total. The third-order valence-electron chi connectivity index (χ3n) is 4.90. The van der Waals surface area contributed by atoms with Crippen molar-refractivity contribution in [2.45, 2.75) is 50.2 Å². The van der Waals surface area contributed by atoms with E-state index in [-0.39, 0.29) is 17.6 Å². The molecule has 2 aliphatic rings. The lowest BCUT2D eigenvalue weighted by atomic mass is 9.85. The Morgan fingerprint density at radius 3 is 2.95 bits per heavy atom. The van der Waals surface area contributed by atoms with Gasteiger partial charge >= 0.3 is 0 Å². The second-order valence-corrected chi connectivity index (χ2v) is 6.29. The molecule has 1 aromatic heterocycles. The number of ether oxygens (including phenoxy) is 1. The van der Waals surface area contributed by atoms with Crippen LogP contribution in [-0.2, 0) is 11.8 Å². The van der Waals surface area contributed by atoms with Crippen LogP contribution in [0.1, 0.15) is 49.6 Å². The summed E-state index contributed by atoms with van der Waals surface area (Å²) in [4.78, 5) is 4.60. The third-order valence-corrected chi connectivity index (χ3v) is 4.90. The number of fused-ring (bicyclic) bond motifs is 1. The number of hydrogen-bond donors (Lipinski definition) is 1. The highest BCUT2D eigenvalue weighted by Gasteiger charge is 2.43. The van der Waals surface area contributed by atoms with E-state index in [9.17, 15) is 0 Å². The van der Waals surface area contributed by atoms with Gasteiger partial charge in [0.2, 0.25) is 11.7 Å². The molecule has 0 bridgehead atoms. The van der Waals surface area contributed by atoms with Gasteiger partial charge in [0.05, 0.1) is 5.41 Å². The average molecular weight is 285 g/mol. The summed E-state index contributed by atoms with van der Waals surface area (Å²) in [5.74, 6) is 2.20. The number of benzene rings is 1. The Labute approximate surface area is 123 Å². The molecule has 1 aromatic carbocycles. The minimum absolute atomic E-state index is 0.0903. The topological polar surface area (TPSA) is 74.2 Å². The van der Waals surface area contributed by atoms with Crippen LogP contribution in [0.3, 0.4) is 0 Å². The number of para-hydroxylation sites is 1. The summed E-state index contributed by atoms with van der Waals surface area (Å²) < 4.78 is 11.4. The largest absolute Gasteiger partial charge is 0.482 e. The molecule has 1 saturated carbocycles. The highest BCUT2D eigenvalue weighted by Crippen LogP contribution is 2.40. The predicted molar refractivity (Wildman–Crippen MR) is 77.0 cm³/mol. The van der Waals surface area contributed by atoms with Gasteiger partial charge in [-0.3, -0.25) is 0 Å². The van der Waals surface area contributed by atoms with E-state index >= 15 is 0 Å². The van der Waals surface area contributed by atoms with Crippen LogP contribution in [-0.4, -0.2) is 16.2 Å². The van der Waals surface area contributed by atoms with Gasteiger partial charge < -0.3 is 15.0 Å². The van der Waals surface area contributed by atoms with E-state index in [1.807, 2.05) is 18.2 Å². The molecule has 3 atom stereocenters. The summed E-state index contributed by atoms with van der Waals surface area (Å²) in [6.45, 7) is 2.12. The van der Waals surface area contributed by atoms with Crippen molar-refractivity contribution in [2.75, 3.05) is 0 Å². The van der Waals surface area contributed by atoms with Crippen LogP contribution in [0.4, 0.5) is 0 Å². The summed E-state index contributed by atoms with van der Waals surface area (Å²) >= 11 is 0. The molecule has 5 nitrogen and oxygen atoms in total. The van der Waals surface area contributed by atoms with Gasteiger partial charge in [0, 0.05) is 12.5 Å². The molecule has 1 fully saturated rings. The van der Waals surface area contributed by atoms with Gasteiger partial charge in [0.1, 0.15) is 5.75 Å². The number of rotatable bonds is 2. The number of aromatic nitrogens is 2. The second kappa shape index (κ2) is 4.56. The molecular formula is C16H19N3O2. The standard InChI is InChI=1S/C16H19N3O2/c1-16(8-4-7-13(16)17)15-18-14(19-21-15)12-9-10-5-2-3-6-11(10)20-12/h2-3,5-6,12-13H,4,7-9,17H2,1H3. The molecule has 4 rings (SSSR count). The molecule has 110 valence electrons. The average Bonchev–Trinajstić information content (AvgIpc) is 3.18. The third kappa shape index (κ3) is 1.95. The minimum Gasteiger partial charge on any atom is -0.482 e. The highest BCUT2D eigenvalue weighted by molar-refractivity contribution is 5.38. The molecule has 0 amide bonds. The van der Waals surface area contributed by atoms with Crippen LogP contribution in [0.15, 0.2) is 28.8 Å². The molecule has 0 radical (unpaired) electrons. The SMILES string of the molecule is CC1(c2nc(C3Cc4ccccc4O3)no2)CCCC1N. The van der Waals surface area contributed by atoms with Crippen LogP contribution in [0.5, 0.6) is 5.75 Å². The summed E-state index contributed by atoms with van der Waals surface area (Å²) in [6.07, 6.45) is 3.76. The van der Waals surface area contributed by atoms with Gasteiger partial charge in [-0.2, -0.15) is 4.98 Å². The number of nitrogens with zero attached hydrogens (tertiary/aromatic N) is 2. The molecule has 21 heavy (non-hydrogen) atoms. The Morgan fingerprint density at radius 2 is 2.19 bits per heavy atom. The monoisotopic (exact) mass is 285 g/mol. The summed E-state index contributed by atoms with van der Waals surface area (Å²) in [7, 11) is 0. The van der Waals surface area contributed by atoms with E-state index in [4.69, 9.17) is 15.0 Å². The van der Waals surface area contributed by atoms with E-state index in [1.54, 1.807) is 0 Å². The summed E-state index contributed by atoms with van der Waals surface area (Å²) in [6, 6.07) is 8.13. The first-order valence-corrected chi connectivity index (χ1v) is 7.51. The maximum Gasteiger partial charge on any atom is 0.234 e. The van der Waals surface area contributed by atoms with Gasteiger partial charge in [0.15, 0.2) is 6.10 Å². The fourth-order valence-electron chi connectivity index (χ4n) is 3.38. The summed E-state index contributed by atoms with van der Waals surface area (Å²) in [5.41, 5.74) is 7.21. The molecular weight excluding hydrogens is 266 g/mol. The molecule has 0 saturated heterocycles. The Balaban J connectivity index is 1.59. The molecule has 1 aliphatic carbocycles. The molecule has 2 heterocycles.